The van der Waals surface area contributed by atoms with Crippen LogP contribution in [0.1, 0.15) is 16.1 Å². The predicted molar refractivity (Wildman–Crippen MR) is 74.4 cm³/mol. The number of nitrogens with zero attached hydrogens (tertiary/aromatic N) is 2. The largest absolute Gasteiger partial charge is 0.464 e. The molecule has 1 heterocycles. The van der Waals surface area contributed by atoms with E-state index in [-0.39, 0.29) is 10.8 Å². The van der Waals surface area contributed by atoms with Gasteiger partial charge in [-0.2, -0.15) is 0 Å². The smallest absolute Gasteiger partial charge is 0.359 e. The van der Waals surface area contributed by atoms with E-state index in [0.29, 0.717) is 5.03 Å². The van der Waals surface area contributed by atoms with Crippen molar-refractivity contribution in [1.29, 1.82) is 0 Å². The zero-order chi connectivity index (χ0) is 13.7. The summed E-state index contributed by atoms with van der Waals surface area (Å²) in [4.78, 5) is 19.4. The molecule has 2 aromatic rings. The van der Waals surface area contributed by atoms with E-state index in [4.69, 9.17) is 11.6 Å². The van der Waals surface area contributed by atoms with Crippen molar-refractivity contribution in [3.8, 4) is 0 Å². The summed E-state index contributed by atoms with van der Waals surface area (Å²) in [5.41, 5.74) is 1.22. The molecule has 0 unspecified atom stereocenters. The molecule has 19 heavy (non-hydrogen) atoms. The lowest BCUT2D eigenvalue weighted by Gasteiger charge is -2.04. The molecule has 0 fully saturated rings. The maximum absolute atomic E-state index is 11.3. The second-order valence-electron chi connectivity index (χ2n) is 3.61. The van der Waals surface area contributed by atoms with Crippen molar-refractivity contribution < 1.29 is 9.53 Å². The molecule has 0 aliphatic rings. The maximum Gasteiger partial charge on any atom is 0.359 e. The van der Waals surface area contributed by atoms with Crippen molar-refractivity contribution in [2.45, 2.75) is 10.8 Å². The van der Waals surface area contributed by atoms with Crippen LogP contribution in [0.3, 0.4) is 0 Å². The molecule has 4 nitrogen and oxygen atoms in total. The first kappa shape index (κ1) is 13.8. The highest BCUT2D eigenvalue weighted by molar-refractivity contribution is 7.98. The lowest BCUT2D eigenvalue weighted by molar-refractivity contribution is 0.0593. The Hall–Kier alpha value is -1.59. The third-order valence-corrected chi connectivity index (χ3v) is 3.55. The highest BCUT2D eigenvalue weighted by Gasteiger charge is 2.14. The number of aromatic nitrogens is 2. The minimum atomic E-state index is -0.586. The van der Waals surface area contributed by atoms with Crippen LogP contribution in [0.2, 0.25) is 5.15 Å². The Bertz CT molecular complexity index is 578. The van der Waals surface area contributed by atoms with Crippen LogP contribution >= 0.6 is 23.4 Å². The lowest BCUT2D eigenvalue weighted by atomic mass is 10.2. The molecular formula is C13H11ClN2O2S. The Labute approximate surface area is 120 Å². The Balaban J connectivity index is 2.06. The number of carbonyl (C=O) groups excluding carboxylic acids is 1. The van der Waals surface area contributed by atoms with Crippen LogP contribution < -0.4 is 0 Å². The van der Waals surface area contributed by atoms with Gasteiger partial charge in [-0.1, -0.05) is 41.9 Å². The van der Waals surface area contributed by atoms with Crippen molar-refractivity contribution in [2.75, 3.05) is 7.11 Å². The third-order valence-electron chi connectivity index (χ3n) is 2.32. The SMILES string of the molecule is COC(=O)c1ncc(SCc2ccccc2)nc1Cl. The van der Waals surface area contributed by atoms with E-state index in [1.54, 1.807) is 0 Å². The van der Waals surface area contributed by atoms with Crippen LogP contribution in [0, 0.1) is 0 Å². The first-order chi connectivity index (χ1) is 9.20. The molecular weight excluding hydrogens is 284 g/mol. The van der Waals surface area contributed by atoms with Gasteiger partial charge in [-0.15, -0.1) is 11.8 Å². The van der Waals surface area contributed by atoms with Crippen LogP contribution in [0.4, 0.5) is 0 Å². The van der Waals surface area contributed by atoms with Gasteiger partial charge in [0, 0.05) is 5.75 Å². The quantitative estimate of drug-likeness (QED) is 0.640. The Morgan fingerprint density at radius 3 is 2.74 bits per heavy atom. The molecule has 0 spiro atoms. The summed E-state index contributed by atoms with van der Waals surface area (Å²) in [6, 6.07) is 10.00. The summed E-state index contributed by atoms with van der Waals surface area (Å²) in [7, 11) is 1.28. The fourth-order valence-electron chi connectivity index (χ4n) is 1.39. The highest BCUT2D eigenvalue weighted by atomic mass is 35.5. The van der Waals surface area contributed by atoms with Crippen molar-refractivity contribution in [2.24, 2.45) is 0 Å². The van der Waals surface area contributed by atoms with Gasteiger partial charge >= 0.3 is 5.97 Å². The van der Waals surface area contributed by atoms with E-state index >= 15 is 0 Å². The molecule has 1 aromatic heterocycles. The number of ether oxygens (including phenoxy) is 1. The molecule has 2 rings (SSSR count). The van der Waals surface area contributed by atoms with Crippen LogP contribution in [0.15, 0.2) is 41.6 Å². The summed E-state index contributed by atoms with van der Waals surface area (Å²) in [5.74, 6) is 0.181. The molecule has 0 aliphatic carbocycles. The van der Waals surface area contributed by atoms with Gasteiger partial charge in [0.2, 0.25) is 0 Å². The van der Waals surface area contributed by atoms with E-state index < -0.39 is 5.97 Å². The third kappa shape index (κ3) is 3.68. The van der Waals surface area contributed by atoms with E-state index in [1.807, 2.05) is 30.3 Å². The minimum absolute atomic E-state index is 0.0354. The molecule has 0 radical (unpaired) electrons. The monoisotopic (exact) mass is 294 g/mol. The second-order valence-corrected chi connectivity index (χ2v) is 4.97. The topological polar surface area (TPSA) is 52.1 Å². The van der Waals surface area contributed by atoms with Gasteiger partial charge in [0.1, 0.15) is 5.03 Å². The van der Waals surface area contributed by atoms with Crippen LogP contribution in [-0.2, 0) is 10.5 Å². The molecule has 6 heteroatoms. The number of carbonyl (C=O) groups is 1. The molecule has 0 bridgehead atoms. The fraction of sp³-hybridized carbons (Fsp3) is 0.154. The summed E-state index contributed by atoms with van der Waals surface area (Å²) < 4.78 is 4.55. The molecule has 0 saturated heterocycles. The van der Waals surface area contributed by atoms with E-state index in [2.05, 4.69) is 14.7 Å². The molecule has 98 valence electrons. The van der Waals surface area contributed by atoms with Gasteiger partial charge in [-0.25, -0.2) is 14.8 Å². The van der Waals surface area contributed by atoms with Crippen LogP contribution in [-0.4, -0.2) is 23.0 Å². The minimum Gasteiger partial charge on any atom is -0.464 e. The van der Waals surface area contributed by atoms with Crippen molar-refractivity contribution in [3.63, 3.8) is 0 Å². The number of halogens is 1. The second kappa shape index (κ2) is 6.54. The number of rotatable bonds is 4. The number of hydrogen-bond acceptors (Lipinski definition) is 5. The zero-order valence-corrected chi connectivity index (χ0v) is 11.7. The Morgan fingerprint density at radius 1 is 1.37 bits per heavy atom. The maximum atomic E-state index is 11.3. The first-order valence-electron chi connectivity index (χ1n) is 5.48. The zero-order valence-electron chi connectivity index (χ0n) is 10.2. The van der Waals surface area contributed by atoms with Gasteiger partial charge < -0.3 is 4.74 Å². The summed E-state index contributed by atoms with van der Waals surface area (Å²) in [6.45, 7) is 0. The normalized spacial score (nSPS) is 10.2. The number of hydrogen-bond donors (Lipinski definition) is 0. The summed E-state index contributed by atoms with van der Waals surface area (Å²) in [5, 5.41) is 0.728. The van der Waals surface area contributed by atoms with Crippen molar-refractivity contribution in [1.82, 2.24) is 9.97 Å². The van der Waals surface area contributed by atoms with E-state index in [9.17, 15) is 4.79 Å². The van der Waals surface area contributed by atoms with Gasteiger partial charge in [-0.05, 0) is 5.56 Å². The molecule has 0 aliphatic heterocycles. The van der Waals surface area contributed by atoms with Gasteiger partial charge in [0.15, 0.2) is 10.8 Å². The predicted octanol–water partition coefficient (Wildman–Crippen LogP) is 3.21. The fourth-order valence-corrected chi connectivity index (χ4v) is 2.44. The molecule has 0 saturated carbocycles. The first-order valence-corrected chi connectivity index (χ1v) is 6.84. The van der Waals surface area contributed by atoms with Crippen molar-refractivity contribution >= 4 is 29.3 Å². The lowest BCUT2D eigenvalue weighted by Crippen LogP contribution is -2.06. The van der Waals surface area contributed by atoms with Crippen LogP contribution in [0.5, 0.6) is 0 Å². The van der Waals surface area contributed by atoms with E-state index in [1.165, 1.54) is 30.6 Å². The summed E-state index contributed by atoms with van der Waals surface area (Å²) >= 11 is 7.40. The van der Waals surface area contributed by atoms with Gasteiger partial charge in [0.25, 0.3) is 0 Å². The number of methoxy groups -OCH3 is 1. The molecule has 0 N–H and O–H groups in total. The molecule has 1 aromatic carbocycles. The molecule has 0 amide bonds. The summed E-state index contributed by atoms with van der Waals surface area (Å²) in [6.07, 6.45) is 1.52. The average Bonchev–Trinajstić information content (AvgIpc) is 2.45. The molecule has 0 atom stereocenters. The standard InChI is InChI=1S/C13H11ClN2O2S/c1-18-13(17)11-12(14)16-10(7-15-11)19-8-9-5-3-2-4-6-9/h2-7H,8H2,1H3. The number of thioether (sulfide) groups is 1. The van der Waals surface area contributed by atoms with E-state index in [0.717, 1.165) is 5.75 Å². The van der Waals surface area contributed by atoms with Crippen LogP contribution in [0.25, 0.3) is 0 Å². The number of esters is 1. The Morgan fingerprint density at radius 2 is 2.11 bits per heavy atom. The average molecular weight is 295 g/mol. The van der Waals surface area contributed by atoms with Gasteiger partial charge in [-0.3, -0.25) is 0 Å². The van der Waals surface area contributed by atoms with Crippen molar-refractivity contribution in [3.05, 3.63) is 52.9 Å². The van der Waals surface area contributed by atoms with Gasteiger partial charge in [0.05, 0.1) is 13.3 Å². The number of benzene rings is 1. The Kier molecular flexibility index (Phi) is 4.76. The highest BCUT2D eigenvalue weighted by Crippen LogP contribution is 2.22.